The third-order valence-electron chi connectivity index (χ3n) is 7.63. The number of anilines is 2. The number of hydrogen-bond acceptors (Lipinski definition) is 8. The van der Waals surface area contributed by atoms with Crippen LogP contribution in [0.2, 0.25) is 5.02 Å². The van der Waals surface area contributed by atoms with E-state index in [9.17, 15) is 13.2 Å². The van der Waals surface area contributed by atoms with Crippen LogP contribution in [0.3, 0.4) is 0 Å². The molecule has 2 unspecified atom stereocenters. The highest BCUT2D eigenvalue weighted by molar-refractivity contribution is 6.34. The van der Waals surface area contributed by atoms with Gasteiger partial charge in [0.15, 0.2) is 0 Å². The third-order valence-corrected chi connectivity index (χ3v) is 7.94. The van der Waals surface area contributed by atoms with Crippen molar-refractivity contribution in [3.05, 3.63) is 34.9 Å². The molecule has 5 rings (SSSR count). The molecular weight excluding hydrogens is 533 g/mol. The predicted octanol–water partition coefficient (Wildman–Crippen LogP) is 5.42. The number of pyridine rings is 1. The average Bonchev–Trinajstić information content (AvgIpc) is 3.25. The number of methoxy groups -OCH3 is 1. The number of fused-ring (bicyclic) bond motifs is 1. The molecule has 2 fully saturated rings. The van der Waals surface area contributed by atoms with Gasteiger partial charge in [0.25, 0.3) is 0 Å². The van der Waals surface area contributed by atoms with Gasteiger partial charge in [0.05, 0.1) is 28.4 Å². The molecule has 0 saturated carbocycles. The topological polar surface area (TPSA) is 89.6 Å². The number of aromatic nitrogens is 3. The van der Waals surface area contributed by atoms with Crippen LogP contribution in [-0.2, 0) is 10.9 Å². The number of rotatable bonds is 7. The van der Waals surface area contributed by atoms with Crippen molar-refractivity contribution in [2.75, 3.05) is 51.1 Å². The smallest absolute Gasteiger partial charge is 0.418 e. The van der Waals surface area contributed by atoms with Gasteiger partial charge in [0.1, 0.15) is 18.2 Å². The predicted molar refractivity (Wildman–Crippen MR) is 145 cm³/mol. The maximum Gasteiger partial charge on any atom is 0.418 e. The normalized spacial score (nSPS) is 20.6. The summed E-state index contributed by atoms with van der Waals surface area (Å²) in [6, 6.07) is 5.86. The number of likely N-dealkylation sites (N-methyl/N-ethyl adjacent to an activating group) is 1. The van der Waals surface area contributed by atoms with E-state index in [4.69, 9.17) is 31.8 Å². The quantitative estimate of drug-likeness (QED) is 0.407. The summed E-state index contributed by atoms with van der Waals surface area (Å²) in [5.74, 6) is 0.624. The molecule has 12 heteroatoms. The number of hydrogen-bond donors (Lipinski definition) is 1. The molecule has 0 spiro atoms. The van der Waals surface area contributed by atoms with E-state index in [0.717, 1.165) is 57.3 Å². The molecule has 1 aromatic carbocycles. The van der Waals surface area contributed by atoms with Crippen LogP contribution in [0.15, 0.2) is 24.3 Å². The number of halogens is 4. The lowest BCUT2D eigenvalue weighted by Gasteiger charge is -2.29. The molecule has 0 radical (unpaired) electrons. The van der Waals surface area contributed by atoms with Crippen molar-refractivity contribution in [1.29, 1.82) is 0 Å². The fraction of sp³-hybridized carbons (Fsp3) is 0.519. The Bertz CT molecular complexity index is 1340. The van der Waals surface area contributed by atoms with Crippen LogP contribution < -0.4 is 15.4 Å². The number of ether oxygens (including phenoxy) is 2. The molecule has 2 aromatic heterocycles. The van der Waals surface area contributed by atoms with E-state index in [0.29, 0.717) is 36.0 Å². The number of nitrogens with zero attached hydrogens (tertiary/aromatic N) is 5. The van der Waals surface area contributed by atoms with Gasteiger partial charge in [-0.3, -0.25) is 4.90 Å². The van der Waals surface area contributed by atoms with Crippen molar-refractivity contribution in [1.82, 2.24) is 19.9 Å². The van der Waals surface area contributed by atoms with E-state index < -0.39 is 11.7 Å². The first-order valence-corrected chi connectivity index (χ1v) is 13.5. The molecule has 3 aromatic rings. The molecular formula is C27H32ClF3N6O2. The maximum atomic E-state index is 13.9. The summed E-state index contributed by atoms with van der Waals surface area (Å²) < 4.78 is 53.0. The van der Waals surface area contributed by atoms with E-state index >= 15 is 0 Å². The first-order valence-electron chi connectivity index (χ1n) is 13.1. The second kappa shape index (κ2) is 11.3. The van der Waals surface area contributed by atoms with Gasteiger partial charge >= 0.3 is 12.2 Å². The Morgan fingerprint density at radius 3 is 2.44 bits per heavy atom. The van der Waals surface area contributed by atoms with Gasteiger partial charge in [-0.2, -0.15) is 23.1 Å². The summed E-state index contributed by atoms with van der Waals surface area (Å²) in [7, 11) is 3.75. The van der Waals surface area contributed by atoms with Gasteiger partial charge in [0.2, 0.25) is 0 Å². The summed E-state index contributed by atoms with van der Waals surface area (Å²) >= 11 is 6.60. The fourth-order valence-corrected chi connectivity index (χ4v) is 5.72. The van der Waals surface area contributed by atoms with Crippen molar-refractivity contribution in [3.8, 4) is 17.3 Å². The Hall–Kier alpha value is -2.89. The van der Waals surface area contributed by atoms with Crippen LogP contribution in [-0.4, -0.2) is 72.4 Å². The zero-order chi connectivity index (χ0) is 27.7. The Morgan fingerprint density at radius 2 is 1.74 bits per heavy atom. The van der Waals surface area contributed by atoms with Crippen molar-refractivity contribution in [2.45, 2.75) is 50.4 Å². The molecule has 2 atom stereocenters. The largest absolute Gasteiger partial charge is 0.462 e. The number of likely N-dealkylation sites (tertiary alicyclic amines) is 1. The molecule has 2 aliphatic heterocycles. The summed E-state index contributed by atoms with van der Waals surface area (Å²) in [6.07, 6.45) is 0.491. The first-order chi connectivity index (χ1) is 18.7. The Labute approximate surface area is 230 Å². The van der Waals surface area contributed by atoms with Gasteiger partial charge in [-0.05, 0) is 63.4 Å². The van der Waals surface area contributed by atoms with Gasteiger partial charge in [0, 0.05) is 43.2 Å². The Morgan fingerprint density at radius 1 is 1.03 bits per heavy atom. The Balaban J connectivity index is 1.55. The SMILES string of the molecule is COCC1CCC(COc2nc(N3CCCCC3)c3cc(Cl)c(-c4nc(N)ccc4C(F)(F)F)cc3n2)N1C. The van der Waals surface area contributed by atoms with E-state index in [2.05, 4.69) is 26.8 Å². The van der Waals surface area contributed by atoms with E-state index in [-0.39, 0.29) is 34.2 Å². The van der Waals surface area contributed by atoms with Crippen molar-refractivity contribution in [2.24, 2.45) is 0 Å². The number of nitrogens with two attached hydrogens (primary N) is 1. The lowest BCUT2D eigenvalue weighted by atomic mass is 10.0. The van der Waals surface area contributed by atoms with Crippen LogP contribution in [0, 0.1) is 0 Å². The van der Waals surface area contributed by atoms with Crippen molar-refractivity contribution < 1.29 is 22.6 Å². The molecule has 0 bridgehead atoms. The van der Waals surface area contributed by atoms with E-state index in [1.165, 1.54) is 6.07 Å². The summed E-state index contributed by atoms with van der Waals surface area (Å²) in [5.41, 5.74) is 5.03. The molecule has 39 heavy (non-hydrogen) atoms. The molecule has 2 N–H and O–H groups in total. The van der Waals surface area contributed by atoms with Gasteiger partial charge in [-0.15, -0.1) is 0 Å². The minimum atomic E-state index is -4.64. The van der Waals surface area contributed by atoms with Gasteiger partial charge < -0.3 is 20.1 Å². The van der Waals surface area contributed by atoms with Crippen LogP contribution in [0.4, 0.5) is 24.8 Å². The number of benzene rings is 1. The second-order valence-electron chi connectivity index (χ2n) is 10.2. The molecule has 2 saturated heterocycles. The maximum absolute atomic E-state index is 13.9. The lowest BCUT2D eigenvalue weighted by molar-refractivity contribution is -0.137. The lowest BCUT2D eigenvalue weighted by Crippen LogP contribution is -2.38. The van der Waals surface area contributed by atoms with Gasteiger partial charge in [-0.25, -0.2) is 4.98 Å². The van der Waals surface area contributed by atoms with Crippen LogP contribution in [0.25, 0.3) is 22.2 Å². The summed E-state index contributed by atoms with van der Waals surface area (Å²) in [6.45, 7) is 2.66. The van der Waals surface area contributed by atoms with E-state index in [1.54, 1.807) is 13.2 Å². The zero-order valence-corrected chi connectivity index (χ0v) is 22.7. The molecule has 0 aliphatic carbocycles. The zero-order valence-electron chi connectivity index (χ0n) is 22.0. The third kappa shape index (κ3) is 5.85. The minimum Gasteiger partial charge on any atom is -0.462 e. The van der Waals surface area contributed by atoms with Crippen LogP contribution >= 0.6 is 11.6 Å². The molecule has 8 nitrogen and oxygen atoms in total. The Kier molecular flexibility index (Phi) is 8.02. The fourth-order valence-electron chi connectivity index (χ4n) is 5.47. The average molecular weight is 565 g/mol. The van der Waals surface area contributed by atoms with Gasteiger partial charge in [-0.1, -0.05) is 11.6 Å². The molecule has 210 valence electrons. The number of piperidine rings is 1. The number of nitrogen functional groups attached to an aromatic ring is 1. The highest BCUT2D eigenvalue weighted by atomic mass is 35.5. The number of alkyl halides is 3. The van der Waals surface area contributed by atoms with Crippen molar-refractivity contribution >= 4 is 34.1 Å². The highest BCUT2D eigenvalue weighted by Crippen LogP contribution is 2.41. The van der Waals surface area contributed by atoms with Crippen molar-refractivity contribution in [3.63, 3.8) is 0 Å². The monoisotopic (exact) mass is 564 g/mol. The summed E-state index contributed by atoms with van der Waals surface area (Å²) in [5, 5.41) is 0.756. The molecule has 0 amide bonds. The second-order valence-corrected chi connectivity index (χ2v) is 10.6. The molecule has 2 aliphatic rings. The minimum absolute atomic E-state index is 0.0395. The van der Waals surface area contributed by atoms with E-state index in [1.807, 2.05) is 0 Å². The van der Waals surface area contributed by atoms with Crippen LogP contribution in [0.1, 0.15) is 37.7 Å². The molecule has 4 heterocycles. The highest BCUT2D eigenvalue weighted by Gasteiger charge is 2.35. The first kappa shape index (κ1) is 27.7. The summed E-state index contributed by atoms with van der Waals surface area (Å²) in [4.78, 5) is 17.8. The van der Waals surface area contributed by atoms with Crippen LogP contribution in [0.5, 0.6) is 6.01 Å². The standard InChI is InChI=1S/C27H32ClF3N6O2/c1-36-16(14-38-2)6-7-17(36)15-39-26-33-22-13-18(24-20(27(29,30)31)8-9-23(32)34-24)21(28)12-19(22)25(35-26)37-10-4-3-5-11-37/h8-9,12-13,16-17H,3-7,10-11,14-15H2,1-2H3,(H2,32,34).